The van der Waals surface area contributed by atoms with Gasteiger partial charge in [-0.05, 0) is 62.6 Å². The molecule has 198 valence electrons. The van der Waals surface area contributed by atoms with Crippen LogP contribution in [0.15, 0.2) is 47.4 Å². The van der Waals surface area contributed by atoms with E-state index >= 15 is 0 Å². The fourth-order valence-corrected chi connectivity index (χ4v) is 6.31. The summed E-state index contributed by atoms with van der Waals surface area (Å²) in [5, 5.41) is 7.00. The number of ether oxygens (including phenoxy) is 1. The van der Waals surface area contributed by atoms with E-state index in [0.717, 1.165) is 25.0 Å². The first-order valence-electron chi connectivity index (χ1n) is 11.9. The minimum Gasteiger partial charge on any atom is -0.495 e. The number of fused-ring (bicyclic) bond motifs is 1. The summed E-state index contributed by atoms with van der Waals surface area (Å²) in [5.74, 6) is -2.69. The van der Waals surface area contributed by atoms with Crippen LogP contribution in [0.1, 0.15) is 34.7 Å². The van der Waals surface area contributed by atoms with E-state index in [9.17, 15) is 22.0 Å². The van der Waals surface area contributed by atoms with Crippen LogP contribution >= 0.6 is 0 Å². The van der Waals surface area contributed by atoms with E-state index < -0.39 is 27.6 Å². The predicted octanol–water partition coefficient (Wildman–Crippen LogP) is 4.34. The molecule has 2 aromatic heterocycles. The Balaban J connectivity index is 1.69. The van der Waals surface area contributed by atoms with Crippen molar-refractivity contribution in [1.29, 1.82) is 0 Å². The maximum absolute atomic E-state index is 13.8. The number of sulfonamides is 1. The van der Waals surface area contributed by atoms with E-state index in [0.29, 0.717) is 35.7 Å². The maximum atomic E-state index is 13.8. The summed E-state index contributed by atoms with van der Waals surface area (Å²) in [6, 6.07) is 9.41. The molecule has 1 fully saturated rings. The lowest BCUT2D eigenvalue weighted by molar-refractivity contribution is 0.102. The third kappa shape index (κ3) is 4.50. The van der Waals surface area contributed by atoms with E-state index in [4.69, 9.17) is 4.74 Å². The van der Waals surface area contributed by atoms with E-state index in [1.807, 2.05) is 0 Å². The number of anilines is 1. The summed E-state index contributed by atoms with van der Waals surface area (Å²) < 4.78 is 62.4. The number of amides is 1. The largest absolute Gasteiger partial charge is 0.495 e. The van der Waals surface area contributed by atoms with Crippen LogP contribution in [0, 0.1) is 25.5 Å². The smallest absolute Gasteiger partial charge is 0.276 e. The third-order valence-electron chi connectivity index (χ3n) is 6.42. The van der Waals surface area contributed by atoms with Crippen molar-refractivity contribution in [3.05, 3.63) is 71.2 Å². The van der Waals surface area contributed by atoms with Gasteiger partial charge in [0.05, 0.1) is 12.7 Å². The molecule has 2 aromatic carbocycles. The topological polar surface area (TPSA) is 106 Å². The molecule has 38 heavy (non-hydrogen) atoms. The first-order valence-corrected chi connectivity index (χ1v) is 13.4. The predicted molar refractivity (Wildman–Crippen MR) is 137 cm³/mol. The van der Waals surface area contributed by atoms with Gasteiger partial charge < -0.3 is 10.1 Å². The van der Waals surface area contributed by atoms with Crippen LogP contribution in [-0.4, -0.2) is 53.4 Å². The van der Waals surface area contributed by atoms with Crippen molar-refractivity contribution < 1.29 is 26.7 Å². The Hall–Kier alpha value is -3.90. The van der Waals surface area contributed by atoms with Crippen LogP contribution < -0.4 is 10.1 Å². The van der Waals surface area contributed by atoms with Gasteiger partial charge in [0, 0.05) is 36.2 Å². The molecule has 1 aliphatic heterocycles. The first kappa shape index (κ1) is 25.7. The Bertz CT molecular complexity index is 1680. The molecule has 9 nitrogen and oxygen atoms in total. The number of hydrogen-bond acceptors (Lipinski definition) is 6. The number of rotatable bonds is 6. The average Bonchev–Trinajstić information content (AvgIpc) is 3.55. The summed E-state index contributed by atoms with van der Waals surface area (Å²) in [6.45, 7) is 4.41. The molecular formula is C26H25F2N5O4S. The highest BCUT2D eigenvalue weighted by atomic mass is 32.2. The minimum atomic E-state index is -3.87. The summed E-state index contributed by atoms with van der Waals surface area (Å²) in [5.41, 5.74) is 2.34. The van der Waals surface area contributed by atoms with Gasteiger partial charge in [-0.3, -0.25) is 4.79 Å². The Labute approximate surface area is 218 Å². The maximum Gasteiger partial charge on any atom is 0.276 e. The Kier molecular flexibility index (Phi) is 6.61. The summed E-state index contributed by atoms with van der Waals surface area (Å²) in [7, 11) is -2.48. The lowest BCUT2D eigenvalue weighted by Crippen LogP contribution is -2.28. The lowest BCUT2D eigenvalue weighted by Gasteiger charge is -2.18. The third-order valence-corrected chi connectivity index (χ3v) is 8.34. The van der Waals surface area contributed by atoms with Crippen molar-refractivity contribution in [3.8, 4) is 16.9 Å². The van der Waals surface area contributed by atoms with Crippen molar-refractivity contribution in [2.45, 2.75) is 31.6 Å². The molecule has 0 saturated carbocycles. The second-order valence-electron chi connectivity index (χ2n) is 9.06. The molecule has 1 saturated heterocycles. The highest BCUT2D eigenvalue weighted by Gasteiger charge is 2.32. The number of nitrogens with one attached hydrogen (secondary N) is 1. The van der Waals surface area contributed by atoms with Crippen LogP contribution in [0.25, 0.3) is 16.8 Å². The zero-order chi connectivity index (χ0) is 27.2. The van der Waals surface area contributed by atoms with E-state index in [-0.39, 0.29) is 27.6 Å². The van der Waals surface area contributed by atoms with Crippen molar-refractivity contribution in [2.75, 3.05) is 25.5 Å². The quantitative estimate of drug-likeness (QED) is 0.389. The van der Waals surface area contributed by atoms with Gasteiger partial charge in [-0.15, -0.1) is 0 Å². The highest BCUT2D eigenvalue weighted by molar-refractivity contribution is 7.89. The molecule has 0 aliphatic carbocycles. The molecule has 12 heteroatoms. The van der Waals surface area contributed by atoms with Crippen LogP contribution in [0.2, 0.25) is 0 Å². The molecule has 4 aromatic rings. The normalized spacial score (nSPS) is 14.2. The van der Waals surface area contributed by atoms with Crippen molar-refractivity contribution >= 4 is 27.3 Å². The standard InChI is InChI=1S/C26H25F2N5O4S/c1-15-12-16(2)33-25(29-15)23(24(31-33)26(34)30-18-7-8-19(27)20(28)14-18)17-6-9-21(37-3)22(13-17)38(35,36)32-10-4-5-11-32/h6-9,12-14H,4-5,10-11H2,1-3H3,(H,30,34). The number of methoxy groups -OCH3 is 1. The molecule has 3 heterocycles. The van der Waals surface area contributed by atoms with Gasteiger partial charge in [-0.2, -0.15) is 9.40 Å². The van der Waals surface area contributed by atoms with E-state index in [1.54, 1.807) is 26.0 Å². The van der Waals surface area contributed by atoms with Crippen LogP contribution in [-0.2, 0) is 10.0 Å². The van der Waals surface area contributed by atoms with Gasteiger partial charge in [-0.25, -0.2) is 26.7 Å². The molecule has 1 amide bonds. The van der Waals surface area contributed by atoms with Crippen LogP contribution in [0.5, 0.6) is 5.75 Å². The van der Waals surface area contributed by atoms with E-state index in [2.05, 4.69) is 15.4 Å². The number of halogens is 2. The van der Waals surface area contributed by atoms with Gasteiger partial charge in [0.15, 0.2) is 23.0 Å². The summed E-state index contributed by atoms with van der Waals surface area (Å²) >= 11 is 0. The van der Waals surface area contributed by atoms with Gasteiger partial charge >= 0.3 is 0 Å². The SMILES string of the molecule is COc1ccc(-c2c(C(=O)Nc3ccc(F)c(F)c3)nn3c(C)cc(C)nc23)cc1S(=O)(=O)N1CCCC1. The summed E-state index contributed by atoms with van der Waals surface area (Å²) in [4.78, 5) is 18.0. The van der Waals surface area contributed by atoms with Crippen molar-refractivity contribution in [3.63, 3.8) is 0 Å². The molecule has 1 aliphatic rings. The van der Waals surface area contributed by atoms with Gasteiger partial charge in [0.1, 0.15) is 10.6 Å². The van der Waals surface area contributed by atoms with E-state index in [1.165, 1.54) is 34.1 Å². The number of carbonyl (C=O) groups is 1. The zero-order valence-corrected chi connectivity index (χ0v) is 21.8. The Morgan fingerprint density at radius 3 is 2.45 bits per heavy atom. The zero-order valence-electron chi connectivity index (χ0n) is 21.0. The number of aryl methyl sites for hydroxylation is 2. The number of aromatic nitrogens is 3. The second-order valence-corrected chi connectivity index (χ2v) is 11.0. The summed E-state index contributed by atoms with van der Waals surface area (Å²) in [6.07, 6.45) is 1.54. The lowest BCUT2D eigenvalue weighted by atomic mass is 10.0. The highest BCUT2D eigenvalue weighted by Crippen LogP contribution is 2.36. The number of benzene rings is 2. The number of hydrogen-bond donors (Lipinski definition) is 1. The minimum absolute atomic E-state index is 0.0322. The second kappa shape index (κ2) is 9.76. The number of nitrogens with zero attached hydrogens (tertiary/aromatic N) is 4. The first-order chi connectivity index (χ1) is 18.1. The van der Waals surface area contributed by atoms with Crippen molar-refractivity contribution in [2.24, 2.45) is 0 Å². The number of carbonyl (C=O) groups excluding carboxylic acids is 1. The molecule has 0 atom stereocenters. The average molecular weight is 542 g/mol. The monoisotopic (exact) mass is 541 g/mol. The molecule has 0 bridgehead atoms. The molecule has 0 unspecified atom stereocenters. The fourth-order valence-electron chi connectivity index (χ4n) is 4.61. The molecular weight excluding hydrogens is 516 g/mol. The van der Waals surface area contributed by atoms with Gasteiger partial charge in [0.2, 0.25) is 10.0 Å². The fraction of sp³-hybridized carbons (Fsp3) is 0.269. The van der Waals surface area contributed by atoms with Crippen molar-refractivity contribution in [1.82, 2.24) is 18.9 Å². The molecule has 5 rings (SSSR count). The Morgan fingerprint density at radius 1 is 1.03 bits per heavy atom. The molecule has 0 spiro atoms. The van der Waals surface area contributed by atoms with Gasteiger partial charge in [-0.1, -0.05) is 6.07 Å². The Morgan fingerprint density at radius 2 is 1.76 bits per heavy atom. The van der Waals surface area contributed by atoms with Crippen LogP contribution in [0.3, 0.4) is 0 Å². The van der Waals surface area contributed by atoms with Crippen LogP contribution in [0.4, 0.5) is 14.5 Å². The molecule has 0 radical (unpaired) electrons. The molecule has 1 N–H and O–H groups in total. The van der Waals surface area contributed by atoms with Gasteiger partial charge in [0.25, 0.3) is 5.91 Å².